The van der Waals surface area contributed by atoms with Gasteiger partial charge in [0.25, 0.3) is 5.91 Å². The molecule has 0 aliphatic carbocycles. The van der Waals surface area contributed by atoms with E-state index < -0.39 is 5.91 Å². The largest absolute Gasteiger partial charge is 0.295 e. The molecule has 0 fully saturated rings. The van der Waals surface area contributed by atoms with E-state index in [-0.39, 0.29) is 5.69 Å². The van der Waals surface area contributed by atoms with Crippen LogP contribution in [0.15, 0.2) is 34.3 Å². The van der Waals surface area contributed by atoms with Crippen LogP contribution in [0.5, 0.6) is 0 Å². The van der Waals surface area contributed by atoms with Gasteiger partial charge in [-0.15, -0.1) is 0 Å². The summed E-state index contributed by atoms with van der Waals surface area (Å²) in [4.78, 5) is 15.4. The monoisotopic (exact) mass is 231 g/mol. The van der Waals surface area contributed by atoms with Gasteiger partial charge in [-0.05, 0) is 18.1 Å². The van der Waals surface area contributed by atoms with Crippen LogP contribution in [0.3, 0.4) is 0 Å². The van der Waals surface area contributed by atoms with Gasteiger partial charge in [-0.3, -0.25) is 9.78 Å². The maximum atomic E-state index is 11.5. The molecule has 2 aromatic heterocycles. The van der Waals surface area contributed by atoms with Gasteiger partial charge in [0.2, 0.25) is 0 Å². The van der Waals surface area contributed by atoms with E-state index >= 15 is 0 Å². The number of pyridine rings is 1. The van der Waals surface area contributed by atoms with Gasteiger partial charge in [-0.25, -0.2) is 10.1 Å². The van der Waals surface area contributed by atoms with E-state index in [9.17, 15) is 4.79 Å². The van der Waals surface area contributed by atoms with Gasteiger partial charge in [0.1, 0.15) is 5.69 Å². The van der Waals surface area contributed by atoms with E-state index in [1.165, 1.54) is 6.21 Å². The van der Waals surface area contributed by atoms with Gasteiger partial charge in [0, 0.05) is 18.0 Å². The molecule has 7 nitrogen and oxygen atoms in total. The summed E-state index contributed by atoms with van der Waals surface area (Å²) in [5, 5.41) is 10.7. The van der Waals surface area contributed by atoms with Crippen molar-refractivity contribution in [2.75, 3.05) is 0 Å². The minimum Gasteiger partial charge on any atom is -0.265 e. The van der Waals surface area contributed by atoms with E-state index in [1.54, 1.807) is 25.4 Å². The summed E-state index contributed by atoms with van der Waals surface area (Å²) in [7, 11) is 0. The molecular weight excluding hydrogens is 222 g/mol. The average Bonchev–Trinajstić information content (AvgIpc) is 2.77. The maximum absolute atomic E-state index is 11.5. The summed E-state index contributed by atoms with van der Waals surface area (Å²) in [6.07, 6.45) is 4.76. The molecule has 0 saturated carbocycles. The molecule has 0 saturated heterocycles. The van der Waals surface area contributed by atoms with Crippen molar-refractivity contribution in [2.24, 2.45) is 5.10 Å². The lowest BCUT2D eigenvalue weighted by Crippen LogP contribution is -2.19. The van der Waals surface area contributed by atoms with E-state index in [2.05, 4.69) is 30.5 Å². The zero-order chi connectivity index (χ0) is 12.1. The first kappa shape index (κ1) is 10.9. The quantitative estimate of drug-likeness (QED) is 0.614. The van der Waals surface area contributed by atoms with Crippen molar-refractivity contribution in [3.05, 3.63) is 41.5 Å². The Labute approximate surface area is 96.5 Å². The van der Waals surface area contributed by atoms with Crippen LogP contribution in [0.4, 0.5) is 0 Å². The summed E-state index contributed by atoms with van der Waals surface area (Å²) in [5.41, 5.74) is 3.63. The Morgan fingerprint density at radius 2 is 2.41 bits per heavy atom. The first-order chi connectivity index (χ1) is 8.27. The molecule has 0 aliphatic heterocycles. The Balaban J connectivity index is 1.98. The van der Waals surface area contributed by atoms with Crippen molar-refractivity contribution in [1.29, 1.82) is 0 Å². The minimum atomic E-state index is -0.469. The Hall–Kier alpha value is -2.57. The van der Waals surface area contributed by atoms with Crippen molar-refractivity contribution in [1.82, 2.24) is 20.7 Å². The number of aryl methyl sites for hydroxylation is 1. The van der Waals surface area contributed by atoms with Crippen molar-refractivity contribution < 1.29 is 9.42 Å². The summed E-state index contributed by atoms with van der Waals surface area (Å²) in [5.74, 6) is -0.469. The number of hydrogen-bond donors (Lipinski definition) is 1. The maximum Gasteiger partial charge on any atom is 0.295 e. The van der Waals surface area contributed by atoms with E-state index in [0.717, 1.165) is 5.56 Å². The highest BCUT2D eigenvalue weighted by Gasteiger charge is 2.13. The number of carbonyl (C=O) groups excluding carboxylic acids is 1. The molecule has 0 radical (unpaired) electrons. The standard InChI is InChI=1S/C10H9N5O2/c1-7-9(15-17-14-7)10(16)13-12-6-8-3-2-4-11-5-8/h2-6H,1H3,(H,13,16). The predicted molar refractivity (Wildman–Crippen MR) is 58.3 cm³/mol. The number of amides is 1. The number of nitrogens with zero attached hydrogens (tertiary/aromatic N) is 4. The van der Waals surface area contributed by atoms with Gasteiger partial charge in [0.15, 0.2) is 5.69 Å². The Bertz CT molecular complexity index is 535. The number of aromatic nitrogens is 3. The summed E-state index contributed by atoms with van der Waals surface area (Å²) in [6, 6.07) is 3.58. The normalized spacial score (nSPS) is 10.6. The van der Waals surface area contributed by atoms with Gasteiger partial charge >= 0.3 is 0 Å². The zero-order valence-electron chi connectivity index (χ0n) is 8.99. The molecule has 0 bridgehead atoms. The van der Waals surface area contributed by atoms with Crippen LogP contribution in [0.25, 0.3) is 0 Å². The Morgan fingerprint density at radius 3 is 3.06 bits per heavy atom. The molecule has 0 aromatic carbocycles. The molecule has 2 rings (SSSR count). The number of hydrogen-bond acceptors (Lipinski definition) is 6. The van der Waals surface area contributed by atoms with Crippen LogP contribution < -0.4 is 5.43 Å². The third-order valence-corrected chi connectivity index (χ3v) is 1.93. The Kier molecular flexibility index (Phi) is 3.20. The zero-order valence-corrected chi connectivity index (χ0v) is 8.99. The van der Waals surface area contributed by atoms with Gasteiger partial charge < -0.3 is 0 Å². The smallest absolute Gasteiger partial charge is 0.265 e. The van der Waals surface area contributed by atoms with Crippen LogP contribution in [0, 0.1) is 6.92 Å². The van der Waals surface area contributed by atoms with Crippen LogP contribution >= 0.6 is 0 Å². The molecule has 0 spiro atoms. The third-order valence-electron chi connectivity index (χ3n) is 1.93. The van der Waals surface area contributed by atoms with E-state index in [0.29, 0.717) is 5.69 Å². The van der Waals surface area contributed by atoms with Crippen molar-refractivity contribution in [2.45, 2.75) is 6.92 Å². The second-order valence-corrected chi connectivity index (χ2v) is 3.18. The van der Waals surface area contributed by atoms with Crippen LogP contribution in [0.1, 0.15) is 21.7 Å². The predicted octanol–water partition coefficient (Wildman–Crippen LogP) is 0.537. The van der Waals surface area contributed by atoms with Crippen molar-refractivity contribution in [3.63, 3.8) is 0 Å². The lowest BCUT2D eigenvalue weighted by Gasteiger charge is -1.94. The molecular formula is C10H9N5O2. The third kappa shape index (κ3) is 2.71. The SMILES string of the molecule is Cc1nonc1C(=O)NN=Cc1cccnc1. The molecule has 2 heterocycles. The first-order valence-corrected chi connectivity index (χ1v) is 4.80. The summed E-state index contributed by atoms with van der Waals surface area (Å²) >= 11 is 0. The van der Waals surface area contributed by atoms with Crippen molar-refractivity contribution >= 4 is 12.1 Å². The highest BCUT2D eigenvalue weighted by molar-refractivity contribution is 5.93. The lowest BCUT2D eigenvalue weighted by molar-refractivity contribution is 0.0945. The summed E-state index contributed by atoms with van der Waals surface area (Å²) in [6.45, 7) is 1.62. The fourth-order valence-corrected chi connectivity index (χ4v) is 1.11. The molecule has 7 heteroatoms. The average molecular weight is 231 g/mol. The summed E-state index contributed by atoms with van der Waals surface area (Å²) < 4.78 is 4.41. The number of rotatable bonds is 3. The molecule has 1 N–H and O–H groups in total. The van der Waals surface area contributed by atoms with E-state index in [4.69, 9.17) is 0 Å². The molecule has 2 aromatic rings. The van der Waals surface area contributed by atoms with Crippen LogP contribution in [0.2, 0.25) is 0 Å². The van der Waals surface area contributed by atoms with Crippen LogP contribution in [-0.2, 0) is 0 Å². The second kappa shape index (κ2) is 4.97. The topological polar surface area (TPSA) is 93.3 Å². The van der Waals surface area contributed by atoms with Crippen molar-refractivity contribution in [3.8, 4) is 0 Å². The number of nitrogens with one attached hydrogen (secondary N) is 1. The fourth-order valence-electron chi connectivity index (χ4n) is 1.11. The Morgan fingerprint density at radius 1 is 1.53 bits per heavy atom. The molecule has 0 unspecified atom stereocenters. The van der Waals surface area contributed by atoms with Gasteiger partial charge in [-0.2, -0.15) is 5.10 Å². The number of carbonyl (C=O) groups is 1. The molecule has 86 valence electrons. The molecule has 1 amide bonds. The molecule has 17 heavy (non-hydrogen) atoms. The highest BCUT2D eigenvalue weighted by Crippen LogP contribution is 1.99. The van der Waals surface area contributed by atoms with Gasteiger partial charge in [-0.1, -0.05) is 11.2 Å². The lowest BCUT2D eigenvalue weighted by atomic mass is 10.3. The first-order valence-electron chi connectivity index (χ1n) is 4.80. The van der Waals surface area contributed by atoms with Crippen LogP contribution in [-0.4, -0.2) is 27.4 Å². The second-order valence-electron chi connectivity index (χ2n) is 3.18. The van der Waals surface area contributed by atoms with E-state index in [1.807, 2.05) is 6.07 Å². The molecule has 0 aliphatic rings. The minimum absolute atomic E-state index is 0.119. The van der Waals surface area contributed by atoms with Gasteiger partial charge in [0.05, 0.1) is 6.21 Å². The molecule has 0 atom stereocenters. The highest BCUT2D eigenvalue weighted by atomic mass is 16.6. The fraction of sp³-hybridized carbons (Fsp3) is 0.100. The number of hydrazone groups is 1.